The molecule has 0 amide bonds. The van der Waals surface area contributed by atoms with Crippen molar-refractivity contribution in [1.82, 2.24) is 15.3 Å². The molecule has 27 heavy (non-hydrogen) atoms. The smallest absolute Gasteiger partial charge is 0.182 e. The van der Waals surface area contributed by atoms with Gasteiger partial charge in [-0.15, -0.1) is 0 Å². The molecule has 5 nitrogen and oxygen atoms in total. The summed E-state index contributed by atoms with van der Waals surface area (Å²) in [6.07, 6.45) is 4.24. The van der Waals surface area contributed by atoms with E-state index in [1.807, 2.05) is 18.2 Å². The summed E-state index contributed by atoms with van der Waals surface area (Å²) in [4.78, 5) is 2.37. The van der Waals surface area contributed by atoms with E-state index < -0.39 is 0 Å². The van der Waals surface area contributed by atoms with Gasteiger partial charge in [0.1, 0.15) is 11.5 Å². The predicted molar refractivity (Wildman–Crippen MR) is 105 cm³/mol. The van der Waals surface area contributed by atoms with E-state index in [1.165, 1.54) is 5.56 Å². The van der Waals surface area contributed by atoms with Gasteiger partial charge in [-0.1, -0.05) is 30.3 Å². The van der Waals surface area contributed by atoms with E-state index in [-0.39, 0.29) is 11.8 Å². The number of fused-ring (bicyclic) bond motifs is 4. The van der Waals surface area contributed by atoms with Gasteiger partial charge in [0.25, 0.3) is 0 Å². The molecule has 2 aromatic rings. The van der Waals surface area contributed by atoms with E-state index in [2.05, 4.69) is 58.8 Å². The Morgan fingerprint density at radius 1 is 1.07 bits per heavy atom. The fourth-order valence-electron chi connectivity index (χ4n) is 4.45. The molecule has 3 aliphatic rings. The maximum Gasteiger partial charge on any atom is 0.182 e. The molecule has 0 bridgehead atoms. The Bertz CT molecular complexity index is 887. The normalized spacial score (nSPS) is 23.8. The first-order chi connectivity index (χ1) is 13.2. The first-order valence-corrected chi connectivity index (χ1v) is 9.58. The standard InChI is InChI=1S/C22H25N3O2/c1-24-13-11-22(12-14-24)25-19(17-8-4-6-10-21(17)27-22)15-18(23-25)16-7-3-5-9-20(16)26-2/h3-10,15,19,23H,11-14H2,1-2H3/t19-/m1/s1. The van der Waals surface area contributed by atoms with Gasteiger partial charge < -0.3 is 19.8 Å². The summed E-state index contributed by atoms with van der Waals surface area (Å²) < 4.78 is 12.2. The molecule has 0 saturated carbocycles. The van der Waals surface area contributed by atoms with Gasteiger partial charge in [-0.2, -0.15) is 5.01 Å². The molecule has 1 spiro atoms. The third kappa shape index (κ3) is 2.61. The summed E-state index contributed by atoms with van der Waals surface area (Å²) in [5, 5.41) is 2.32. The Hall–Kier alpha value is -2.50. The number of hydrazine groups is 1. The van der Waals surface area contributed by atoms with E-state index in [1.54, 1.807) is 7.11 Å². The second kappa shape index (κ2) is 6.29. The van der Waals surface area contributed by atoms with Gasteiger partial charge in [-0.3, -0.25) is 0 Å². The van der Waals surface area contributed by atoms with Crippen LogP contribution in [0.5, 0.6) is 11.5 Å². The highest BCUT2D eigenvalue weighted by atomic mass is 16.5. The van der Waals surface area contributed by atoms with E-state index in [9.17, 15) is 0 Å². The second-order valence-electron chi connectivity index (χ2n) is 7.60. The number of hydrogen-bond donors (Lipinski definition) is 1. The monoisotopic (exact) mass is 363 g/mol. The summed E-state index contributed by atoms with van der Waals surface area (Å²) in [7, 11) is 3.90. The number of para-hydroxylation sites is 2. The van der Waals surface area contributed by atoms with Crippen molar-refractivity contribution >= 4 is 5.70 Å². The van der Waals surface area contributed by atoms with Gasteiger partial charge in [0.15, 0.2) is 5.72 Å². The SMILES string of the molecule is COc1ccccc1C1=C[C@@H]2c3ccccc3OC3(CCN(C)CC3)N2N1. The summed E-state index contributed by atoms with van der Waals surface area (Å²) >= 11 is 0. The van der Waals surface area contributed by atoms with Gasteiger partial charge in [0.05, 0.1) is 18.8 Å². The van der Waals surface area contributed by atoms with Gasteiger partial charge in [-0.05, 0) is 31.3 Å². The third-order valence-electron chi connectivity index (χ3n) is 5.99. The number of piperidine rings is 1. The molecule has 140 valence electrons. The summed E-state index contributed by atoms with van der Waals surface area (Å²) in [6, 6.07) is 16.7. The lowest BCUT2D eigenvalue weighted by molar-refractivity contribution is -0.157. The number of methoxy groups -OCH3 is 1. The first kappa shape index (κ1) is 16.7. The molecule has 3 aliphatic heterocycles. The highest BCUT2D eigenvalue weighted by Crippen LogP contribution is 2.48. The average Bonchev–Trinajstić information content (AvgIpc) is 3.17. The Labute approximate surface area is 160 Å². The molecule has 1 saturated heterocycles. The number of hydrogen-bond acceptors (Lipinski definition) is 5. The Kier molecular flexibility index (Phi) is 3.88. The van der Waals surface area contributed by atoms with Crippen LogP contribution in [0.1, 0.15) is 30.0 Å². The molecule has 5 heteroatoms. The number of nitrogens with one attached hydrogen (secondary N) is 1. The molecule has 0 radical (unpaired) electrons. The average molecular weight is 363 g/mol. The van der Waals surface area contributed by atoms with Crippen LogP contribution in [-0.2, 0) is 0 Å². The van der Waals surface area contributed by atoms with Crippen LogP contribution in [-0.4, -0.2) is 42.9 Å². The highest BCUT2D eigenvalue weighted by molar-refractivity contribution is 5.72. The first-order valence-electron chi connectivity index (χ1n) is 9.58. The van der Waals surface area contributed by atoms with E-state index in [0.717, 1.165) is 48.7 Å². The number of rotatable bonds is 2. The maximum absolute atomic E-state index is 6.64. The van der Waals surface area contributed by atoms with Crippen LogP contribution < -0.4 is 14.9 Å². The largest absolute Gasteiger partial charge is 0.496 e. The van der Waals surface area contributed by atoms with Crippen LogP contribution in [0.15, 0.2) is 54.6 Å². The molecule has 1 N–H and O–H groups in total. The summed E-state index contributed by atoms with van der Waals surface area (Å²) in [6.45, 7) is 2.05. The lowest BCUT2D eigenvalue weighted by Gasteiger charge is -2.51. The molecule has 2 aromatic carbocycles. The molecule has 1 fully saturated rings. The van der Waals surface area contributed by atoms with Gasteiger partial charge in [0, 0.05) is 37.1 Å². The number of likely N-dealkylation sites (tertiary alicyclic amines) is 1. The van der Waals surface area contributed by atoms with Crippen molar-refractivity contribution in [2.24, 2.45) is 0 Å². The fourth-order valence-corrected chi connectivity index (χ4v) is 4.45. The minimum atomic E-state index is -0.328. The minimum Gasteiger partial charge on any atom is -0.496 e. The van der Waals surface area contributed by atoms with Crippen LogP contribution in [0.3, 0.4) is 0 Å². The van der Waals surface area contributed by atoms with Crippen LogP contribution >= 0.6 is 0 Å². The molecular weight excluding hydrogens is 338 g/mol. The highest BCUT2D eigenvalue weighted by Gasteiger charge is 2.51. The third-order valence-corrected chi connectivity index (χ3v) is 5.99. The minimum absolute atomic E-state index is 0.151. The fraction of sp³-hybridized carbons (Fsp3) is 0.364. The van der Waals surface area contributed by atoms with E-state index in [0.29, 0.717) is 0 Å². The Balaban J connectivity index is 1.58. The Morgan fingerprint density at radius 2 is 1.81 bits per heavy atom. The van der Waals surface area contributed by atoms with Crippen molar-refractivity contribution in [2.45, 2.75) is 24.6 Å². The topological polar surface area (TPSA) is 37.0 Å². The number of ether oxygens (including phenoxy) is 2. The zero-order valence-corrected chi connectivity index (χ0v) is 15.8. The van der Waals surface area contributed by atoms with Gasteiger partial charge in [-0.25, -0.2) is 0 Å². The zero-order chi connectivity index (χ0) is 18.4. The summed E-state index contributed by atoms with van der Waals surface area (Å²) in [5.41, 5.74) is 6.71. The van der Waals surface area contributed by atoms with Crippen molar-refractivity contribution in [3.05, 3.63) is 65.7 Å². The lowest BCUT2D eigenvalue weighted by Crippen LogP contribution is -2.63. The number of nitrogens with zero attached hydrogens (tertiary/aromatic N) is 2. The van der Waals surface area contributed by atoms with Crippen LogP contribution in [0.4, 0.5) is 0 Å². The van der Waals surface area contributed by atoms with Gasteiger partial charge >= 0.3 is 0 Å². The van der Waals surface area contributed by atoms with Crippen molar-refractivity contribution < 1.29 is 9.47 Å². The molecular formula is C22H25N3O2. The predicted octanol–water partition coefficient (Wildman–Crippen LogP) is 3.41. The molecule has 3 heterocycles. The lowest BCUT2D eigenvalue weighted by atomic mass is 9.93. The summed E-state index contributed by atoms with van der Waals surface area (Å²) in [5.74, 6) is 1.88. The Morgan fingerprint density at radius 3 is 2.63 bits per heavy atom. The van der Waals surface area contributed by atoms with Crippen molar-refractivity contribution in [2.75, 3.05) is 27.2 Å². The van der Waals surface area contributed by atoms with E-state index in [4.69, 9.17) is 9.47 Å². The quantitative estimate of drug-likeness (QED) is 0.885. The number of benzene rings is 2. The zero-order valence-electron chi connectivity index (χ0n) is 15.8. The van der Waals surface area contributed by atoms with Crippen LogP contribution in [0.25, 0.3) is 5.70 Å². The molecule has 0 aromatic heterocycles. The molecule has 5 rings (SSSR count). The second-order valence-corrected chi connectivity index (χ2v) is 7.60. The maximum atomic E-state index is 6.64. The van der Waals surface area contributed by atoms with E-state index >= 15 is 0 Å². The molecule has 0 aliphatic carbocycles. The van der Waals surface area contributed by atoms with Crippen LogP contribution in [0, 0.1) is 0 Å². The van der Waals surface area contributed by atoms with Crippen LogP contribution in [0.2, 0.25) is 0 Å². The van der Waals surface area contributed by atoms with Crippen molar-refractivity contribution in [1.29, 1.82) is 0 Å². The van der Waals surface area contributed by atoms with Gasteiger partial charge in [0.2, 0.25) is 0 Å². The molecule has 1 atom stereocenters. The van der Waals surface area contributed by atoms with Crippen molar-refractivity contribution in [3.8, 4) is 11.5 Å². The van der Waals surface area contributed by atoms with Crippen molar-refractivity contribution in [3.63, 3.8) is 0 Å². The molecule has 0 unspecified atom stereocenters.